The second-order valence-corrected chi connectivity index (χ2v) is 7.84. The number of nitrogens with zero attached hydrogens (tertiary/aromatic N) is 4. The van der Waals surface area contributed by atoms with E-state index in [0.29, 0.717) is 36.6 Å². The van der Waals surface area contributed by atoms with Crippen molar-refractivity contribution in [2.24, 2.45) is 0 Å². The van der Waals surface area contributed by atoms with Gasteiger partial charge < -0.3 is 4.90 Å². The lowest BCUT2D eigenvalue weighted by molar-refractivity contribution is -0.130. The van der Waals surface area contributed by atoms with Crippen molar-refractivity contribution in [3.63, 3.8) is 0 Å². The van der Waals surface area contributed by atoms with Crippen molar-refractivity contribution in [3.8, 4) is 0 Å². The maximum Gasteiger partial charge on any atom is 0.228 e. The van der Waals surface area contributed by atoms with Crippen LogP contribution in [0.3, 0.4) is 0 Å². The molecule has 0 aliphatic carbocycles. The van der Waals surface area contributed by atoms with Gasteiger partial charge in [0.25, 0.3) is 0 Å². The van der Waals surface area contributed by atoms with E-state index < -0.39 is 0 Å². The van der Waals surface area contributed by atoms with Crippen LogP contribution in [0.1, 0.15) is 54.7 Å². The first-order valence-electron chi connectivity index (χ1n) is 10.1. The quantitative estimate of drug-likeness (QED) is 0.800. The molecule has 29 heavy (non-hydrogen) atoms. The van der Waals surface area contributed by atoms with E-state index in [4.69, 9.17) is 9.97 Å². The lowest BCUT2D eigenvalue weighted by Crippen LogP contribution is -2.39. The van der Waals surface area contributed by atoms with Gasteiger partial charge in [-0.3, -0.25) is 14.5 Å². The maximum absolute atomic E-state index is 14.2. The van der Waals surface area contributed by atoms with E-state index >= 15 is 0 Å². The third kappa shape index (κ3) is 3.86. The van der Waals surface area contributed by atoms with E-state index in [1.165, 1.54) is 6.07 Å². The predicted octanol–water partition coefficient (Wildman–Crippen LogP) is 3.13. The van der Waals surface area contributed by atoms with Crippen LogP contribution in [0.2, 0.25) is 0 Å². The average Bonchev–Trinajstić information content (AvgIpc) is 2.71. The average molecular weight is 396 g/mol. The third-order valence-corrected chi connectivity index (χ3v) is 5.87. The van der Waals surface area contributed by atoms with Gasteiger partial charge in [0.05, 0.1) is 6.54 Å². The Labute approximate surface area is 169 Å². The molecule has 2 aromatic rings. The molecule has 2 amide bonds. The summed E-state index contributed by atoms with van der Waals surface area (Å²) in [4.78, 5) is 37.4. The zero-order valence-corrected chi connectivity index (χ0v) is 16.8. The number of carbonyl (C=O) groups excluding carboxylic acids is 2. The molecule has 1 saturated heterocycles. The van der Waals surface area contributed by atoms with Gasteiger partial charge in [0, 0.05) is 49.2 Å². The van der Waals surface area contributed by atoms with Gasteiger partial charge in [0.1, 0.15) is 17.5 Å². The monoisotopic (exact) mass is 396 g/mol. The lowest BCUT2D eigenvalue weighted by Gasteiger charge is -2.33. The topological polar surface area (TPSA) is 66.4 Å². The molecule has 1 fully saturated rings. The molecule has 1 aromatic carbocycles. The minimum atomic E-state index is -0.331. The Morgan fingerprint density at radius 3 is 2.79 bits per heavy atom. The first kappa shape index (κ1) is 19.5. The first-order chi connectivity index (χ1) is 13.9. The smallest absolute Gasteiger partial charge is 0.228 e. The fourth-order valence-electron chi connectivity index (χ4n) is 4.22. The molecule has 0 bridgehead atoms. The van der Waals surface area contributed by atoms with E-state index in [9.17, 15) is 14.0 Å². The molecule has 152 valence electrons. The van der Waals surface area contributed by atoms with E-state index in [0.717, 1.165) is 30.6 Å². The number of hydrogen-bond acceptors (Lipinski definition) is 4. The second-order valence-electron chi connectivity index (χ2n) is 7.84. The fourth-order valence-corrected chi connectivity index (χ4v) is 4.22. The van der Waals surface area contributed by atoms with E-state index in [1.807, 2.05) is 11.8 Å². The lowest BCUT2D eigenvalue weighted by atomic mass is 9.96. The Balaban J connectivity index is 1.69. The number of halogens is 1. The highest BCUT2D eigenvalue weighted by atomic mass is 19.1. The summed E-state index contributed by atoms with van der Waals surface area (Å²) in [5.41, 5.74) is 2.27. The van der Waals surface area contributed by atoms with Crippen LogP contribution in [0.5, 0.6) is 0 Å². The van der Waals surface area contributed by atoms with Crippen LogP contribution >= 0.6 is 0 Å². The fraction of sp³-hybridized carbons (Fsp3) is 0.455. The van der Waals surface area contributed by atoms with Crippen molar-refractivity contribution < 1.29 is 14.0 Å². The highest BCUT2D eigenvalue weighted by Crippen LogP contribution is 2.33. The summed E-state index contributed by atoms with van der Waals surface area (Å²) in [6, 6.07) is 6.50. The minimum Gasteiger partial charge on any atom is -0.342 e. The molecular formula is C22H25FN4O2. The van der Waals surface area contributed by atoms with E-state index in [2.05, 4.69) is 0 Å². The Hall–Kier alpha value is -2.83. The Kier molecular flexibility index (Phi) is 5.30. The number of benzene rings is 1. The number of aromatic nitrogens is 2. The van der Waals surface area contributed by atoms with Gasteiger partial charge in [-0.2, -0.15) is 0 Å². The van der Waals surface area contributed by atoms with Crippen LogP contribution in [0.25, 0.3) is 0 Å². The highest BCUT2D eigenvalue weighted by molar-refractivity contribution is 5.95. The number of amides is 2. The van der Waals surface area contributed by atoms with Crippen LogP contribution in [0.4, 0.5) is 10.2 Å². The van der Waals surface area contributed by atoms with Gasteiger partial charge in [0.15, 0.2) is 0 Å². The third-order valence-electron chi connectivity index (χ3n) is 5.87. The van der Waals surface area contributed by atoms with Crippen molar-refractivity contribution in [3.05, 3.63) is 52.7 Å². The zero-order valence-electron chi connectivity index (χ0n) is 16.8. The summed E-state index contributed by atoms with van der Waals surface area (Å²) >= 11 is 0. The van der Waals surface area contributed by atoms with Gasteiger partial charge in [-0.05, 0) is 32.3 Å². The van der Waals surface area contributed by atoms with Gasteiger partial charge in [-0.25, -0.2) is 14.4 Å². The van der Waals surface area contributed by atoms with Crippen molar-refractivity contribution in [2.45, 2.75) is 52.0 Å². The Morgan fingerprint density at radius 2 is 2.03 bits per heavy atom. The minimum absolute atomic E-state index is 0.0454. The number of likely N-dealkylation sites (tertiary alicyclic amines) is 1. The standard InChI is InChI=1S/C22H25FN4O2/c1-14-18-9-10-20(29)27(13-16-6-3-4-8-19(16)23)22(18)25-21(24-14)17-7-5-11-26(12-17)15(2)28/h3-4,6,8,17H,5,7,9-13H2,1-2H3. The SMILES string of the molecule is CC(=O)N1CCCC(c2nc(C)c3c(n2)N(Cc2ccccc2F)C(=O)CC3)C1. The van der Waals surface area contributed by atoms with Crippen LogP contribution in [-0.4, -0.2) is 39.8 Å². The molecule has 2 aliphatic rings. The maximum atomic E-state index is 14.2. The molecule has 0 spiro atoms. The van der Waals surface area contributed by atoms with E-state index in [-0.39, 0.29) is 30.1 Å². The van der Waals surface area contributed by atoms with E-state index in [1.54, 1.807) is 30.0 Å². The molecule has 1 aromatic heterocycles. The summed E-state index contributed by atoms with van der Waals surface area (Å²) in [6.07, 6.45) is 2.77. The van der Waals surface area contributed by atoms with Crippen LogP contribution in [-0.2, 0) is 22.6 Å². The number of aryl methyl sites for hydroxylation is 1. The summed E-state index contributed by atoms with van der Waals surface area (Å²) < 4.78 is 14.2. The summed E-state index contributed by atoms with van der Waals surface area (Å²) in [5.74, 6) is 0.971. The summed E-state index contributed by atoms with van der Waals surface area (Å²) in [6.45, 7) is 5.02. The normalized spacial score (nSPS) is 19.3. The van der Waals surface area contributed by atoms with Crippen LogP contribution in [0.15, 0.2) is 24.3 Å². The van der Waals surface area contributed by atoms with Crippen molar-refractivity contribution in [1.82, 2.24) is 14.9 Å². The number of piperidine rings is 1. The molecule has 4 rings (SSSR count). The number of carbonyl (C=O) groups is 2. The van der Waals surface area contributed by atoms with Crippen molar-refractivity contribution in [2.75, 3.05) is 18.0 Å². The molecule has 0 radical (unpaired) electrons. The second kappa shape index (κ2) is 7.89. The first-order valence-corrected chi connectivity index (χ1v) is 10.1. The van der Waals surface area contributed by atoms with Crippen LogP contribution < -0.4 is 4.90 Å². The van der Waals surface area contributed by atoms with Gasteiger partial charge in [-0.15, -0.1) is 0 Å². The van der Waals surface area contributed by atoms with Crippen molar-refractivity contribution in [1.29, 1.82) is 0 Å². The number of hydrogen-bond donors (Lipinski definition) is 0. The molecule has 1 unspecified atom stereocenters. The van der Waals surface area contributed by atoms with Gasteiger partial charge >= 0.3 is 0 Å². The van der Waals surface area contributed by atoms with Crippen molar-refractivity contribution >= 4 is 17.6 Å². The summed E-state index contributed by atoms with van der Waals surface area (Å²) in [5, 5.41) is 0. The van der Waals surface area contributed by atoms with Gasteiger partial charge in [0.2, 0.25) is 11.8 Å². The largest absolute Gasteiger partial charge is 0.342 e. The number of rotatable bonds is 3. The Bertz CT molecular complexity index is 962. The Morgan fingerprint density at radius 1 is 1.24 bits per heavy atom. The molecule has 0 saturated carbocycles. The van der Waals surface area contributed by atoms with Gasteiger partial charge in [-0.1, -0.05) is 18.2 Å². The summed E-state index contributed by atoms with van der Waals surface area (Å²) in [7, 11) is 0. The molecule has 1 atom stereocenters. The molecule has 2 aliphatic heterocycles. The highest BCUT2D eigenvalue weighted by Gasteiger charge is 2.31. The molecule has 7 heteroatoms. The molecular weight excluding hydrogens is 371 g/mol. The molecule has 6 nitrogen and oxygen atoms in total. The molecule has 3 heterocycles. The number of fused-ring (bicyclic) bond motifs is 1. The molecule has 0 N–H and O–H groups in total. The predicted molar refractivity (Wildman–Crippen MR) is 107 cm³/mol. The zero-order chi connectivity index (χ0) is 20.5. The number of anilines is 1. The van der Waals surface area contributed by atoms with Crippen LogP contribution in [0, 0.1) is 12.7 Å².